The highest BCUT2D eigenvalue weighted by molar-refractivity contribution is 6.00. The van der Waals surface area contributed by atoms with Crippen molar-refractivity contribution in [1.29, 1.82) is 0 Å². The summed E-state index contributed by atoms with van der Waals surface area (Å²) in [5, 5.41) is 13.3. The predicted molar refractivity (Wildman–Crippen MR) is 113 cm³/mol. The van der Waals surface area contributed by atoms with E-state index in [1.165, 1.54) is 18.2 Å². The smallest absolute Gasteiger partial charge is 0.224 e. The first-order valence-corrected chi connectivity index (χ1v) is 9.95. The molecule has 1 aliphatic heterocycles. The third-order valence-corrected chi connectivity index (χ3v) is 5.20. The second-order valence-electron chi connectivity index (χ2n) is 7.11. The van der Waals surface area contributed by atoms with E-state index in [0.29, 0.717) is 43.1 Å². The molecule has 0 spiro atoms. The molecular weight excluding hydrogens is 402 g/mol. The number of ether oxygens (including phenoxy) is 1. The van der Waals surface area contributed by atoms with Gasteiger partial charge < -0.3 is 19.7 Å². The van der Waals surface area contributed by atoms with E-state index >= 15 is 0 Å². The first kappa shape index (κ1) is 20.6. The van der Waals surface area contributed by atoms with Gasteiger partial charge in [0.1, 0.15) is 18.2 Å². The van der Waals surface area contributed by atoms with E-state index in [4.69, 9.17) is 4.74 Å². The Bertz CT molecular complexity index is 1050. The van der Waals surface area contributed by atoms with E-state index < -0.39 is 0 Å². The number of oxime groups is 1. The number of aromatic nitrogens is 1. The van der Waals surface area contributed by atoms with Crippen LogP contribution in [0.3, 0.4) is 0 Å². The number of amidine groups is 1. The van der Waals surface area contributed by atoms with Gasteiger partial charge in [-0.25, -0.2) is 13.8 Å². The first-order valence-electron chi connectivity index (χ1n) is 9.95. The zero-order valence-electron chi connectivity index (χ0n) is 16.8. The number of rotatable bonds is 5. The van der Waals surface area contributed by atoms with Crippen LogP contribution < -0.4 is 9.64 Å². The largest absolute Gasteiger partial charge is 0.472 e. The standard InChI is InChI=1S/C23H22F2N4O2/c24-18-7-9-19(10-8-18)28-12-14-29(15-13-28)22(27-30)20-5-3-11-26-23(20)31-16-17-4-1-2-6-21(17)25/h1-11,30H,12-16H2/b27-22-. The van der Waals surface area contributed by atoms with Crippen molar-refractivity contribution in [3.05, 3.63) is 89.6 Å². The van der Waals surface area contributed by atoms with E-state index in [0.717, 1.165) is 5.69 Å². The Morgan fingerprint density at radius 1 is 0.968 bits per heavy atom. The molecule has 1 aromatic heterocycles. The molecule has 1 fully saturated rings. The molecule has 0 bridgehead atoms. The van der Waals surface area contributed by atoms with Crippen LogP contribution in [0.4, 0.5) is 14.5 Å². The summed E-state index contributed by atoms with van der Waals surface area (Å²) < 4.78 is 32.9. The minimum atomic E-state index is -0.354. The molecule has 160 valence electrons. The monoisotopic (exact) mass is 424 g/mol. The molecule has 2 heterocycles. The minimum Gasteiger partial charge on any atom is -0.472 e. The highest BCUT2D eigenvalue weighted by atomic mass is 19.1. The number of nitrogens with zero attached hydrogens (tertiary/aromatic N) is 4. The van der Waals surface area contributed by atoms with Gasteiger partial charge in [0.2, 0.25) is 5.88 Å². The van der Waals surface area contributed by atoms with E-state index in [-0.39, 0.29) is 24.1 Å². The molecule has 6 nitrogen and oxygen atoms in total. The van der Waals surface area contributed by atoms with Gasteiger partial charge in [-0.15, -0.1) is 0 Å². The number of anilines is 1. The van der Waals surface area contributed by atoms with Crippen LogP contribution in [0.25, 0.3) is 0 Å². The Kier molecular flexibility index (Phi) is 6.26. The molecule has 31 heavy (non-hydrogen) atoms. The summed E-state index contributed by atoms with van der Waals surface area (Å²) in [5.74, 6) is -0.0144. The highest BCUT2D eigenvalue weighted by Gasteiger charge is 2.24. The zero-order chi connectivity index (χ0) is 21.6. The Hall–Kier alpha value is -3.68. The van der Waals surface area contributed by atoms with Gasteiger partial charge in [-0.3, -0.25) is 0 Å². The molecular formula is C23H22F2N4O2. The summed E-state index contributed by atoms with van der Waals surface area (Å²) in [6, 6.07) is 16.2. The lowest BCUT2D eigenvalue weighted by molar-refractivity contribution is 0.280. The number of hydrogen-bond acceptors (Lipinski definition) is 5. The van der Waals surface area contributed by atoms with E-state index in [1.54, 1.807) is 48.7 Å². The van der Waals surface area contributed by atoms with Crippen molar-refractivity contribution in [1.82, 2.24) is 9.88 Å². The quantitative estimate of drug-likeness (QED) is 0.291. The van der Waals surface area contributed by atoms with Crippen LogP contribution in [-0.2, 0) is 6.61 Å². The third kappa shape index (κ3) is 4.74. The van der Waals surface area contributed by atoms with Gasteiger partial charge >= 0.3 is 0 Å². The summed E-state index contributed by atoms with van der Waals surface area (Å²) in [6.45, 7) is 2.55. The molecule has 0 aliphatic carbocycles. The SMILES string of the molecule is O/N=C(/c1cccnc1OCc1ccccc1F)N1CCN(c2ccc(F)cc2)CC1. The predicted octanol–water partition coefficient (Wildman–Crippen LogP) is 3.90. The molecule has 2 aromatic carbocycles. The minimum absolute atomic E-state index is 0.00768. The van der Waals surface area contributed by atoms with Crippen LogP contribution in [0.1, 0.15) is 11.1 Å². The maximum absolute atomic E-state index is 13.9. The summed E-state index contributed by atoms with van der Waals surface area (Å²) in [7, 11) is 0. The highest BCUT2D eigenvalue weighted by Crippen LogP contribution is 2.22. The summed E-state index contributed by atoms with van der Waals surface area (Å²) in [6.07, 6.45) is 1.57. The Morgan fingerprint density at radius 2 is 1.71 bits per heavy atom. The Labute approximate surface area is 179 Å². The average Bonchev–Trinajstić information content (AvgIpc) is 2.81. The van der Waals surface area contributed by atoms with Crippen LogP contribution in [0.2, 0.25) is 0 Å². The maximum Gasteiger partial charge on any atom is 0.224 e. The van der Waals surface area contributed by atoms with E-state index in [2.05, 4.69) is 15.0 Å². The molecule has 1 saturated heterocycles. The molecule has 0 atom stereocenters. The van der Waals surface area contributed by atoms with Crippen molar-refractivity contribution in [2.75, 3.05) is 31.1 Å². The summed E-state index contributed by atoms with van der Waals surface area (Å²) in [5.41, 5.74) is 1.88. The van der Waals surface area contributed by atoms with Gasteiger partial charge in [-0.05, 0) is 42.5 Å². The fourth-order valence-electron chi connectivity index (χ4n) is 3.55. The van der Waals surface area contributed by atoms with Crippen LogP contribution in [0.15, 0.2) is 72.0 Å². The van der Waals surface area contributed by atoms with Gasteiger partial charge in [0.15, 0.2) is 5.84 Å². The molecule has 3 aromatic rings. The van der Waals surface area contributed by atoms with Crippen LogP contribution in [-0.4, -0.2) is 47.1 Å². The van der Waals surface area contributed by atoms with Crippen molar-refractivity contribution >= 4 is 11.5 Å². The molecule has 8 heteroatoms. The van der Waals surface area contributed by atoms with Crippen molar-refractivity contribution in [3.8, 4) is 5.88 Å². The lowest BCUT2D eigenvalue weighted by Crippen LogP contribution is -2.49. The molecule has 0 radical (unpaired) electrons. The Balaban J connectivity index is 1.46. The van der Waals surface area contributed by atoms with E-state index in [1.807, 2.05) is 4.90 Å². The van der Waals surface area contributed by atoms with Crippen molar-refractivity contribution < 1.29 is 18.7 Å². The molecule has 1 aliphatic rings. The number of halogens is 2. The second kappa shape index (κ2) is 9.42. The fourth-order valence-corrected chi connectivity index (χ4v) is 3.55. The van der Waals surface area contributed by atoms with E-state index in [9.17, 15) is 14.0 Å². The lowest BCUT2D eigenvalue weighted by Gasteiger charge is -2.37. The first-order chi connectivity index (χ1) is 15.2. The van der Waals surface area contributed by atoms with Crippen molar-refractivity contribution in [2.24, 2.45) is 5.16 Å². The van der Waals surface area contributed by atoms with Gasteiger partial charge in [0.25, 0.3) is 0 Å². The van der Waals surface area contributed by atoms with Crippen LogP contribution >= 0.6 is 0 Å². The normalized spacial score (nSPS) is 14.6. The molecule has 0 unspecified atom stereocenters. The lowest BCUT2D eigenvalue weighted by atomic mass is 10.2. The van der Waals surface area contributed by atoms with Gasteiger partial charge in [-0.2, -0.15) is 0 Å². The van der Waals surface area contributed by atoms with Gasteiger partial charge in [-0.1, -0.05) is 23.4 Å². The maximum atomic E-state index is 13.9. The van der Waals surface area contributed by atoms with Crippen molar-refractivity contribution in [3.63, 3.8) is 0 Å². The number of benzene rings is 2. The van der Waals surface area contributed by atoms with Crippen LogP contribution in [0.5, 0.6) is 5.88 Å². The third-order valence-electron chi connectivity index (χ3n) is 5.20. The Morgan fingerprint density at radius 3 is 2.42 bits per heavy atom. The topological polar surface area (TPSA) is 61.2 Å². The fraction of sp³-hybridized carbons (Fsp3) is 0.217. The summed E-state index contributed by atoms with van der Waals surface area (Å²) >= 11 is 0. The molecule has 4 rings (SSSR count). The number of piperazine rings is 1. The number of pyridine rings is 1. The van der Waals surface area contributed by atoms with Crippen molar-refractivity contribution in [2.45, 2.75) is 6.61 Å². The van der Waals surface area contributed by atoms with Gasteiger partial charge in [0, 0.05) is 43.6 Å². The van der Waals surface area contributed by atoms with Crippen LogP contribution in [0, 0.1) is 11.6 Å². The summed E-state index contributed by atoms with van der Waals surface area (Å²) in [4.78, 5) is 8.33. The molecule has 0 saturated carbocycles. The van der Waals surface area contributed by atoms with Gasteiger partial charge in [0.05, 0.1) is 5.56 Å². The molecule has 0 amide bonds. The number of hydrogen-bond donors (Lipinski definition) is 1. The average molecular weight is 424 g/mol. The second-order valence-corrected chi connectivity index (χ2v) is 7.11. The molecule has 1 N–H and O–H groups in total. The zero-order valence-corrected chi connectivity index (χ0v) is 16.8.